The predicted molar refractivity (Wildman–Crippen MR) is 76.8 cm³/mol. The normalized spacial score (nSPS) is 24.6. The molecule has 0 saturated carbocycles. The monoisotopic (exact) mass is 331 g/mol. The molecule has 7 nitrogen and oxygen atoms in total. The van der Waals surface area contributed by atoms with Gasteiger partial charge in [-0.3, -0.25) is 4.79 Å². The van der Waals surface area contributed by atoms with Crippen LogP contribution < -0.4 is 0 Å². The van der Waals surface area contributed by atoms with Crippen molar-refractivity contribution in [3.05, 3.63) is 5.89 Å². The second-order valence-corrected chi connectivity index (χ2v) is 8.54. The minimum absolute atomic E-state index is 0.0754. The van der Waals surface area contributed by atoms with Crippen molar-refractivity contribution in [2.75, 3.05) is 30.3 Å². The van der Waals surface area contributed by atoms with Crippen molar-refractivity contribution in [1.82, 2.24) is 15.1 Å². The molecule has 0 aromatic carbocycles. The van der Waals surface area contributed by atoms with Gasteiger partial charge in [0.1, 0.15) is 0 Å². The van der Waals surface area contributed by atoms with Gasteiger partial charge in [-0.2, -0.15) is 0 Å². The number of rotatable bonds is 4. The zero-order chi connectivity index (χ0) is 14.9. The van der Waals surface area contributed by atoms with Crippen molar-refractivity contribution in [2.45, 2.75) is 30.4 Å². The Labute approximate surface area is 127 Å². The fourth-order valence-corrected chi connectivity index (χ4v) is 5.02. The van der Waals surface area contributed by atoms with Crippen molar-refractivity contribution in [3.63, 3.8) is 0 Å². The number of hydrogen-bond acceptors (Lipinski definition) is 7. The molecule has 1 unspecified atom stereocenters. The number of likely N-dealkylation sites (tertiary alicyclic amines) is 1. The average molecular weight is 331 g/mol. The van der Waals surface area contributed by atoms with Gasteiger partial charge < -0.3 is 9.32 Å². The number of hydrogen-bond donors (Lipinski definition) is 0. The fourth-order valence-electron chi connectivity index (χ4n) is 2.61. The van der Waals surface area contributed by atoms with Crippen LogP contribution in [0.15, 0.2) is 9.64 Å². The van der Waals surface area contributed by atoms with Gasteiger partial charge >= 0.3 is 0 Å². The van der Waals surface area contributed by atoms with Crippen molar-refractivity contribution in [1.29, 1.82) is 0 Å². The predicted octanol–water partition coefficient (Wildman–Crippen LogP) is 0.686. The van der Waals surface area contributed by atoms with E-state index in [0.717, 1.165) is 25.9 Å². The number of aromatic nitrogens is 2. The van der Waals surface area contributed by atoms with Gasteiger partial charge in [0.2, 0.25) is 11.8 Å². The van der Waals surface area contributed by atoms with Crippen LogP contribution in [0, 0.1) is 0 Å². The van der Waals surface area contributed by atoms with E-state index < -0.39 is 9.84 Å². The highest BCUT2D eigenvalue weighted by atomic mass is 32.2. The van der Waals surface area contributed by atoms with E-state index in [-0.39, 0.29) is 29.1 Å². The maximum Gasteiger partial charge on any atom is 0.277 e. The number of carbonyl (C=O) groups excluding carboxylic acids is 1. The van der Waals surface area contributed by atoms with Crippen LogP contribution in [-0.4, -0.2) is 59.8 Å². The largest absolute Gasteiger partial charge is 0.416 e. The number of sulfone groups is 1. The summed E-state index contributed by atoms with van der Waals surface area (Å²) in [5, 5.41) is 8.14. The summed E-state index contributed by atoms with van der Waals surface area (Å²) in [6.07, 6.45) is 2.66. The van der Waals surface area contributed by atoms with E-state index in [2.05, 4.69) is 10.2 Å². The van der Waals surface area contributed by atoms with E-state index in [0.29, 0.717) is 17.5 Å². The molecular formula is C12H17N3O4S2. The number of amides is 1. The van der Waals surface area contributed by atoms with Gasteiger partial charge in [0.25, 0.3) is 5.22 Å². The summed E-state index contributed by atoms with van der Waals surface area (Å²) in [6, 6.07) is 0. The zero-order valence-corrected chi connectivity index (χ0v) is 13.2. The Balaban J connectivity index is 1.54. The SMILES string of the molecule is O=C(CSc1nnc(C2CCS(=O)(=O)C2)o1)N1CCCC1. The van der Waals surface area contributed by atoms with E-state index in [4.69, 9.17) is 4.42 Å². The molecule has 1 aromatic rings. The maximum atomic E-state index is 11.9. The first-order valence-electron chi connectivity index (χ1n) is 6.98. The highest BCUT2D eigenvalue weighted by Crippen LogP contribution is 2.29. The Bertz CT molecular complexity index is 622. The molecule has 21 heavy (non-hydrogen) atoms. The average Bonchev–Trinajstić information content (AvgIpc) is 3.15. The molecule has 0 radical (unpaired) electrons. The summed E-state index contributed by atoms with van der Waals surface area (Å²) in [5.74, 6) is 0.783. The molecular weight excluding hydrogens is 314 g/mol. The molecule has 1 amide bonds. The lowest BCUT2D eigenvalue weighted by atomic mass is 10.1. The van der Waals surface area contributed by atoms with Gasteiger partial charge in [-0.25, -0.2) is 8.42 Å². The summed E-state index contributed by atoms with van der Waals surface area (Å²) < 4.78 is 28.4. The molecule has 9 heteroatoms. The molecule has 0 spiro atoms. The summed E-state index contributed by atoms with van der Waals surface area (Å²) in [7, 11) is -2.97. The van der Waals surface area contributed by atoms with Gasteiger partial charge in [-0.05, 0) is 19.3 Å². The Morgan fingerprint density at radius 3 is 2.76 bits per heavy atom. The van der Waals surface area contributed by atoms with E-state index in [1.165, 1.54) is 11.8 Å². The zero-order valence-electron chi connectivity index (χ0n) is 11.5. The van der Waals surface area contributed by atoms with Crippen LogP contribution in [0.3, 0.4) is 0 Å². The molecule has 2 aliphatic rings. The van der Waals surface area contributed by atoms with Crippen LogP contribution in [0.5, 0.6) is 0 Å². The van der Waals surface area contributed by atoms with Gasteiger partial charge in [-0.1, -0.05) is 11.8 Å². The second-order valence-electron chi connectivity index (χ2n) is 5.38. The number of nitrogens with zero attached hydrogens (tertiary/aromatic N) is 3. The third-order valence-electron chi connectivity index (χ3n) is 3.78. The first kappa shape index (κ1) is 14.8. The van der Waals surface area contributed by atoms with E-state index in [1.54, 1.807) is 0 Å². The molecule has 0 N–H and O–H groups in total. The summed E-state index contributed by atoms with van der Waals surface area (Å²) in [4.78, 5) is 13.7. The van der Waals surface area contributed by atoms with Crippen molar-refractivity contribution in [3.8, 4) is 0 Å². The van der Waals surface area contributed by atoms with E-state index in [9.17, 15) is 13.2 Å². The lowest BCUT2D eigenvalue weighted by Crippen LogP contribution is -2.29. The van der Waals surface area contributed by atoms with E-state index >= 15 is 0 Å². The van der Waals surface area contributed by atoms with Crippen molar-refractivity contribution < 1.29 is 17.6 Å². The molecule has 3 heterocycles. The Hall–Kier alpha value is -1.09. The lowest BCUT2D eigenvalue weighted by molar-refractivity contribution is -0.127. The first-order chi connectivity index (χ1) is 10.0. The molecule has 2 saturated heterocycles. The smallest absolute Gasteiger partial charge is 0.277 e. The minimum atomic E-state index is -2.97. The highest BCUT2D eigenvalue weighted by molar-refractivity contribution is 7.99. The third-order valence-corrected chi connectivity index (χ3v) is 6.35. The first-order valence-corrected chi connectivity index (χ1v) is 9.78. The Kier molecular flexibility index (Phi) is 4.21. The van der Waals surface area contributed by atoms with Crippen LogP contribution in [-0.2, 0) is 14.6 Å². The molecule has 0 aliphatic carbocycles. The standard InChI is InChI=1S/C12H17N3O4S2/c16-10(15-4-1-2-5-15)7-20-12-14-13-11(19-12)9-3-6-21(17,18)8-9/h9H,1-8H2. The van der Waals surface area contributed by atoms with Gasteiger partial charge in [-0.15, -0.1) is 10.2 Å². The van der Waals surface area contributed by atoms with Crippen LogP contribution in [0.2, 0.25) is 0 Å². The molecule has 116 valence electrons. The quantitative estimate of drug-likeness (QED) is 0.749. The van der Waals surface area contributed by atoms with Crippen LogP contribution in [0.4, 0.5) is 0 Å². The highest BCUT2D eigenvalue weighted by Gasteiger charge is 2.32. The van der Waals surface area contributed by atoms with Gasteiger partial charge in [0.05, 0.1) is 23.2 Å². The molecule has 0 bridgehead atoms. The van der Waals surface area contributed by atoms with Gasteiger partial charge in [0, 0.05) is 13.1 Å². The summed E-state index contributed by atoms with van der Waals surface area (Å²) >= 11 is 1.21. The fraction of sp³-hybridized carbons (Fsp3) is 0.750. The lowest BCUT2D eigenvalue weighted by Gasteiger charge is -2.13. The number of thioether (sulfide) groups is 1. The van der Waals surface area contributed by atoms with Crippen LogP contribution in [0.1, 0.15) is 31.1 Å². The Morgan fingerprint density at radius 2 is 2.10 bits per heavy atom. The number of carbonyl (C=O) groups is 1. The molecule has 2 fully saturated rings. The minimum Gasteiger partial charge on any atom is -0.416 e. The summed E-state index contributed by atoms with van der Waals surface area (Å²) in [6.45, 7) is 1.66. The molecule has 1 atom stereocenters. The van der Waals surface area contributed by atoms with Crippen LogP contribution in [0.25, 0.3) is 0 Å². The third kappa shape index (κ3) is 3.57. The van der Waals surface area contributed by atoms with Crippen LogP contribution >= 0.6 is 11.8 Å². The van der Waals surface area contributed by atoms with E-state index in [1.807, 2.05) is 4.90 Å². The van der Waals surface area contributed by atoms with Crippen molar-refractivity contribution >= 4 is 27.5 Å². The molecule has 1 aromatic heterocycles. The molecule has 3 rings (SSSR count). The van der Waals surface area contributed by atoms with Crippen molar-refractivity contribution in [2.24, 2.45) is 0 Å². The molecule has 2 aliphatic heterocycles. The Morgan fingerprint density at radius 1 is 1.33 bits per heavy atom. The topological polar surface area (TPSA) is 93.4 Å². The maximum absolute atomic E-state index is 11.9. The van der Waals surface area contributed by atoms with Gasteiger partial charge in [0.15, 0.2) is 9.84 Å². The second kappa shape index (κ2) is 5.96. The summed E-state index contributed by atoms with van der Waals surface area (Å²) in [5.41, 5.74) is 0.